The van der Waals surface area contributed by atoms with Crippen LogP contribution in [0.3, 0.4) is 0 Å². The lowest BCUT2D eigenvalue weighted by molar-refractivity contribution is -0.0239. The molecule has 0 radical (unpaired) electrons. The second-order valence-electron chi connectivity index (χ2n) is 4.55. The Labute approximate surface area is 82.3 Å². The Kier molecular flexibility index (Phi) is 3.74. The Morgan fingerprint density at radius 1 is 1.23 bits per heavy atom. The van der Waals surface area contributed by atoms with Crippen LogP contribution >= 0.6 is 0 Å². The molecule has 3 atom stereocenters. The molecule has 1 rings (SSSR count). The van der Waals surface area contributed by atoms with Crippen molar-refractivity contribution < 1.29 is 4.74 Å². The molecule has 1 fully saturated rings. The second-order valence-corrected chi connectivity index (χ2v) is 4.55. The number of nitrogens with zero attached hydrogens (tertiary/aromatic N) is 1. The molecule has 0 aromatic heterocycles. The summed E-state index contributed by atoms with van der Waals surface area (Å²) >= 11 is 0. The molecule has 2 heteroatoms. The van der Waals surface area contributed by atoms with E-state index in [1.165, 1.54) is 12.8 Å². The van der Waals surface area contributed by atoms with Crippen molar-refractivity contribution in [2.45, 2.75) is 64.8 Å². The van der Waals surface area contributed by atoms with Crippen LogP contribution in [0.15, 0.2) is 0 Å². The minimum atomic E-state index is 0.347. The van der Waals surface area contributed by atoms with E-state index in [1.807, 2.05) is 0 Å². The standard InChI is InChI=1S/C11H23NO/c1-8(2)13-10(4)11-7-6-9(3)12(11)5/h8-11H,6-7H2,1-5H3/t9-,10-,11-/m0/s1. The summed E-state index contributed by atoms with van der Waals surface area (Å²) < 4.78 is 5.81. The monoisotopic (exact) mass is 185 g/mol. The normalized spacial score (nSPS) is 32.8. The van der Waals surface area contributed by atoms with Crippen LogP contribution in [-0.2, 0) is 4.74 Å². The van der Waals surface area contributed by atoms with Crippen molar-refractivity contribution in [1.82, 2.24) is 4.90 Å². The lowest BCUT2D eigenvalue weighted by Gasteiger charge is -2.29. The minimum Gasteiger partial charge on any atom is -0.374 e. The number of rotatable bonds is 3. The van der Waals surface area contributed by atoms with Crippen LogP contribution in [0.2, 0.25) is 0 Å². The Hall–Kier alpha value is -0.0800. The third-order valence-corrected chi connectivity index (χ3v) is 3.13. The maximum Gasteiger partial charge on any atom is 0.0705 e. The van der Waals surface area contributed by atoms with E-state index in [0.717, 1.165) is 6.04 Å². The van der Waals surface area contributed by atoms with Crippen molar-refractivity contribution >= 4 is 0 Å². The molecule has 1 aliphatic rings. The summed E-state index contributed by atoms with van der Waals surface area (Å²) in [7, 11) is 2.21. The van der Waals surface area contributed by atoms with Crippen LogP contribution in [0.25, 0.3) is 0 Å². The molecular formula is C11H23NO. The first kappa shape index (κ1) is 11.0. The summed E-state index contributed by atoms with van der Waals surface area (Å²) in [6, 6.07) is 1.35. The van der Waals surface area contributed by atoms with Crippen molar-refractivity contribution in [2.75, 3.05) is 7.05 Å². The number of hydrogen-bond donors (Lipinski definition) is 0. The van der Waals surface area contributed by atoms with Crippen molar-refractivity contribution in [3.05, 3.63) is 0 Å². The first-order valence-electron chi connectivity index (χ1n) is 5.39. The average Bonchev–Trinajstić information content (AvgIpc) is 2.31. The number of likely N-dealkylation sites (tertiary alicyclic amines) is 1. The first-order valence-corrected chi connectivity index (χ1v) is 5.39. The van der Waals surface area contributed by atoms with Gasteiger partial charge in [-0.05, 0) is 47.6 Å². The Morgan fingerprint density at radius 3 is 2.23 bits per heavy atom. The molecule has 1 saturated heterocycles. The van der Waals surface area contributed by atoms with Gasteiger partial charge >= 0.3 is 0 Å². The summed E-state index contributed by atoms with van der Waals surface area (Å²) in [5.74, 6) is 0. The Morgan fingerprint density at radius 2 is 1.85 bits per heavy atom. The molecular weight excluding hydrogens is 162 g/mol. The second kappa shape index (κ2) is 4.43. The lowest BCUT2D eigenvalue weighted by atomic mass is 10.1. The molecule has 0 saturated carbocycles. The van der Waals surface area contributed by atoms with E-state index in [9.17, 15) is 0 Å². The SMILES string of the molecule is CC(C)O[C@@H](C)[C@@H]1CC[C@H](C)N1C. The van der Waals surface area contributed by atoms with Crippen LogP contribution in [0, 0.1) is 0 Å². The van der Waals surface area contributed by atoms with E-state index >= 15 is 0 Å². The van der Waals surface area contributed by atoms with Gasteiger partial charge in [0.05, 0.1) is 12.2 Å². The third kappa shape index (κ3) is 2.68. The van der Waals surface area contributed by atoms with Crippen LogP contribution in [0.1, 0.15) is 40.5 Å². The van der Waals surface area contributed by atoms with Crippen molar-refractivity contribution in [1.29, 1.82) is 0 Å². The molecule has 0 amide bonds. The lowest BCUT2D eigenvalue weighted by Crippen LogP contribution is -2.40. The molecule has 0 aromatic carbocycles. The van der Waals surface area contributed by atoms with E-state index in [4.69, 9.17) is 4.74 Å². The van der Waals surface area contributed by atoms with Crippen LogP contribution in [0.5, 0.6) is 0 Å². The molecule has 0 aliphatic carbocycles. The topological polar surface area (TPSA) is 12.5 Å². The fourth-order valence-corrected chi connectivity index (χ4v) is 2.23. The van der Waals surface area contributed by atoms with Gasteiger partial charge in [0.15, 0.2) is 0 Å². The van der Waals surface area contributed by atoms with Gasteiger partial charge < -0.3 is 4.74 Å². The van der Waals surface area contributed by atoms with Crippen molar-refractivity contribution in [2.24, 2.45) is 0 Å². The van der Waals surface area contributed by atoms with Crippen molar-refractivity contribution in [3.63, 3.8) is 0 Å². The molecule has 2 nitrogen and oxygen atoms in total. The van der Waals surface area contributed by atoms with Gasteiger partial charge in [0.1, 0.15) is 0 Å². The van der Waals surface area contributed by atoms with Crippen LogP contribution in [0.4, 0.5) is 0 Å². The van der Waals surface area contributed by atoms with Gasteiger partial charge in [-0.3, -0.25) is 4.90 Å². The number of likely N-dealkylation sites (N-methyl/N-ethyl adjacent to an activating group) is 1. The van der Waals surface area contributed by atoms with Gasteiger partial charge in [-0.1, -0.05) is 0 Å². The highest BCUT2D eigenvalue weighted by atomic mass is 16.5. The van der Waals surface area contributed by atoms with E-state index in [1.54, 1.807) is 0 Å². The zero-order valence-electron chi connectivity index (χ0n) is 9.58. The molecule has 1 heterocycles. The smallest absolute Gasteiger partial charge is 0.0705 e. The highest BCUT2D eigenvalue weighted by molar-refractivity contribution is 4.86. The van der Waals surface area contributed by atoms with Gasteiger partial charge in [0.2, 0.25) is 0 Å². The largest absolute Gasteiger partial charge is 0.374 e. The molecule has 78 valence electrons. The summed E-state index contributed by atoms with van der Waals surface area (Å²) in [4.78, 5) is 2.45. The maximum absolute atomic E-state index is 5.81. The van der Waals surface area contributed by atoms with E-state index in [-0.39, 0.29) is 0 Å². The average molecular weight is 185 g/mol. The molecule has 1 aliphatic heterocycles. The molecule has 0 spiro atoms. The molecule has 13 heavy (non-hydrogen) atoms. The van der Waals surface area contributed by atoms with Gasteiger partial charge in [-0.2, -0.15) is 0 Å². The summed E-state index contributed by atoms with van der Waals surface area (Å²) in [6.07, 6.45) is 3.31. The maximum atomic E-state index is 5.81. The molecule has 0 aromatic rings. The van der Waals surface area contributed by atoms with Crippen molar-refractivity contribution in [3.8, 4) is 0 Å². The molecule has 0 bridgehead atoms. The third-order valence-electron chi connectivity index (χ3n) is 3.13. The fourth-order valence-electron chi connectivity index (χ4n) is 2.23. The highest BCUT2D eigenvalue weighted by Gasteiger charge is 2.31. The van der Waals surface area contributed by atoms with E-state index in [0.29, 0.717) is 18.2 Å². The van der Waals surface area contributed by atoms with Crippen LogP contribution < -0.4 is 0 Å². The Balaban J connectivity index is 2.43. The zero-order valence-corrected chi connectivity index (χ0v) is 9.58. The predicted octanol–water partition coefficient (Wildman–Crippen LogP) is 2.28. The number of hydrogen-bond acceptors (Lipinski definition) is 2. The first-order chi connectivity index (χ1) is 6.02. The molecule has 0 unspecified atom stereocenters. The fraction of sp³-hybridized carbons (Fsp3) is 1.00. The zero-order chi connectivity index (χ0) is 10.0. The van der Waals surface area contributed by atoms with Gasteiger partial charge in [-0.15, -0.1) is 0 Å². The highest BCUT2D eigenvalue weighted by Crippen LogP contribution is 2.25. The van der Waals surface area contributed by atoms with Crippen LogP contribution in [-0.4, -0.2) is 36.2 Å². The van der Waals surface area contributed by atoms with Gasteiger partial charge in [0.25, 0.3) is 0 Å². The summed E-state index contributed by atoms with van der Waals surface area (Å²) in [6.45, 7) is 8.70. The number of ether oxygens (including phenoxy) is 1. The quantitative estimate of drug-likeness (QED) is 0.669. The van der Waals surface area contributed by atoms with Gasteiger partial charge in [0, 0.05) is 12.1 Å². The Bertz CT molecular complexity index is 158. The summed E-state index contributed by atoms with van der Waals surface area (Å²) in [5.41, 5.74) is 0. The summed E-state index contributed by atoms with van der Waals surface area (Å²) in [5, 5.41) is 0. The predicted molar refractivity (Wildman–Crippen MR) is 55.9 cm³/mol. The minimum absolute atomic E-state index is 0.347. The van der Waals surface area contributed by atoms with E-state index < -0.39 is 0 Å². The van der Waals surface area contributed by atoms with Gasteiger partial charge in [-0.25, -0.2) is 0 Å². The molecule has 0 N–H and O–H groups in total. The van der Waals surface area contributed by atoms with E-state index in [2.05, 4.69) is 39.6 Å².